The molecule has 0 radical (unpaired) electrons. The predicted molar refractivity (Wildman–Crippen MR) is 73.6 cm³/mol. The van der Waals surface area contributed by atoms with E-state index < -0.39 is 10.2 Å². The zero-order valence-corrected chi connectivity index (χ0v) is 12.1. The van der Waals surface area contributed by atoms with Gasteiger partial charge in [0.1, 0.15) is 0 Å². The standard InChI is InChI=1S/C12H19N3O3S/c1-10-4-6-11(7-5-10)8-13-12(16)9-14-19(17,18)15(2)3/h4-7,14H,8-9H2,1-3H3,(H,13,16). The van der Waals surface area contributed by atoms with Gasteiger partial charge in [0.15, 0.2) is 0 Å². The van der Waals surface area contributed by atoms with Crippen molar-refractivity contribution in [3.8, 4) is 0 Å². The first-order chi connectivity index (χ1) is 8.81. The third-order valence-corrected chi connectivity index (χ3v) is 3.98. The van der Waals surface area contributed by atoms with Gasteiger partial charge < -0.3 is 5.32 Å². The number of carbonyl (C=O) groups excluding carboxylic acids is 1. The highest BCUT2D eigenvalue weighted by atomic mass is 32.2. The van der Waals surface area contributed by atoms with Gasteiger partial charge >= 0.3 is 0 Å². The third-order valence-electron chi connectivity index (χ3n) is 2.51. The Bertz CT molecular complexity index is 524. The number of rotatable bonds is 6. The molecule has 7 heteroatoms. The van der Waals surface area contributed by atoms with E-state index in [1.165, 1.54) is 14.1 Å². The van der Waals surface area contributed by atoms with Gasteiger partial charge in [-0.05, 0) is 12.5 Å². The zero-order chi connectivity index (χ0) is 14.5. The molecule has 0 bridgehead atoms. The monoisotopic (exact) mass is 285 g/mol. The van der Waals surface area contributed by atoms with E-state index in [0.29, 0.717) is 6.54 Å². The maximum Gasteiger partial charge on any atom is 0.279 e. The molecule has 1 aromatic carbocycles. The van der Waals surface area contributed by atoms with Crippen LogP contribution >= 0.6 is 0 Å². The number of hydrogen-bond donors (Lipinski definition) is 2. The first kappa shape index (κ1) is 15.6. The number of aryl methyl sites for hydroxylation is 1. The van der Waals surface area contributed by atoms with Crippen LogP contribution in [0.25, 0.3) is 0 Å². The fourth-order valence-electron chi connectivity index (χ4n) is 1.25. The molecule has 19 heavy (non-hydrogen) atoms. The Kier molecular flexibility index (Phi) is 5.46. The summed E-state index contributed by atoms with van der Waals surface area (Å²) in [7, 11) is -0.769. The van der Waals surface area contributed by atoms with Gasteiger partial charge in [-0.15, -0.1) is 0 Å². The molecule has 0 aliphatic carbocycles. The summed E-state index contributed by atoms with van der Waals surface area (Å²) in [5.74, 6) is -0.369. The molecule has 0 aliphatic rings. The quantitative estimate of drug-likeness (QED) is 0.772. The van der Waals surface area contributed by atoms with Crippen LogP contribution in [0, 0.1) is 6.92 Å². The highest BCUT2D eigenvalue weighted by Crippen LogP contribution is 2.02. The Morgan fingerprint density at radius 2 is 1.79 bits per heavy atom. The Morgan fingerprint density at radius 3 is 2.32 bits per heavy atom. The van der Waals surface area contributed by atoms with Gasteiger partial charge in [0, 0.05) is 20.6 Å². The number of carbonyl (C=O) groups is 1. The van der Waals surface area contributed by atoms with Crippen molar-refractivity contribution in [1.29, 1.82) is 0 Å². The van der Waals surface area contributed by atoms with Crippen molar-refractivity contribution in [3.63, 3.8) is 0 Å². The van der Waals surface area contributed by atoms with Crippen molar-refractivity contribution in [3.05, 3.63) is 35.4 Å². The lowest BCUT2D eigenvalue weighted by atomic mass is 10.1. The number of nitrogens with zero attached hydrogens (tertiary/aromatic N) is 1. The number of amides is 1. The van der Waals surface area contributed by atoms with E-state index in [1.54, 1.807) is 0 Å². The van der Waals surface area contributed by atoms with Gasteiger partial charge in [0.2, 0.25) is 5.91 Å². The molecular weight excluding hydrogens is 266 g/mol. The maximum absolute atomic E-state index is 11.5. The lowest BCUT2D eigenvalue weighted by molar-refractivity contribution is -0.120. The van der Waals surface area contributed by atoms with Gasteiger partial charge in [0.25, 0.3) is 10.2 Å². The summed E-state index contributed by atoms with van der Waals surface area (Å²) >= 11 is 0. The smallest absolute Gasteiger partial charge is 0.279 e. The molecule has 0 fully saturated rings. The number of nitrogens with one attached hydrogen (secondary N) is 2. The van der Waals surface area contributed by atoms with Crippen molar-refractivity contribution in [2.24, 2.45) is 0 Å². The molecule has 0 saturated heterocycles. The molecule has 1 rings (SSSR count). The van der Waals surface area contributed by atoms with Gasteiger partial charge in [-0.25, -0.2) is 0 Å². The van der Waals surface area contributed by atoms with E-state index in [-0.39, 0.29) is 12.5 Å². The van der Waals surface area contributed by atoms with E-state index in [2.05, 4.69) is 10.0 Å². The van der Waals surface area contributed by atoms with E-state index in [4.69, 9.17) is 0 Å². The molecule has 106 valence electrons. The van der Waals surface area contributed by atoms with Gasteiger partial charge in [0.05, 0.1) is 6.54 Å². The SMILES string of the molecule is Cc1ccc(CNC(=O)CNS(=O)(=O)N(C)C)cc1. The second kappa shape index (κ2) is 6.65. The van der Waals surface area contributed by atoms with Gasteiger partial charge in [-0.3, -0.25) is 4.79 Å². The van der Waals surface area contributed by atoms with Crippen LogP contribution in [0.3, 0.4) is 0 Å². The second-order valence-electron chi connectivity index (χ2n) is 4.37. The largest absolute Gasteiger partial charge is 0.351 e. The molecule has 0 aliphatic heterocycles. The Labute approximate surface area is 114 Å². The van der Waals surface area contributed by atoms with Crippen LogP contribution in [0.15, 0.2) is 24.3 Å². The fourth-order valence-corrected chi connectivity index (χ4v) is 1.83. The highest BCUT2D eigenvalue weighted by Gasteiger charge is 2.14. The van der Waals surface area contributed by atoms with Crippen molar-refractivity contribution in [2.45, 2.75) is 13.5 Å². The van der Waals surface area contributed by atoms with E-state index in [9.17, 15) is 13.2 Å². The first-order valence-corrected chi connectivity index (χ1v) is 7.24. The molecule has 0 unspecified atom stereocenters. The van der Waals surface area contributed by atoms with Crippen LogP contribution in [-0.4, -0.2) is 39.3 Å². The second-order valence-corrected chi connectivity index (χ2v) is 6.34. The topological polar surface area (TPSA) is 78.5 Å². The van der Waals surface area contributed by atoms with Crippen molar-refractivity contribution in [1.82, 2.24) is 14.3 Å². The van der Waals surface area contributed by atoms with Crippen LogP contribution < -0.4 is 10.0 Å². The highest BCUT2D eigenvalue weighted by molar-refractivity contribution is 7.87. The van der Waals surface area contributed by atoms with E-state index >= 15 is 0 Å². The maximum atomic E-state index is 11.5. The molecule has 0 heterocycles. The summed E-state index contributed by atoms with van der Waals surface area (Å²) in [6.07, 6.45) is 0. The lowest BCUT2D eigenvalue weighted by Crippen LogP contribution is -2.41. The van der Waals surface area contributed by atoms with Crippen LogP contribution in [0.1, 0.15) is 11.1 Å². The lowest BCUT2D eigenvalue weighted by Gasteiger charge is -2.12. The molecule has 6 nitrogen and oxygen atoms in total. The van der Waals surface area contributed by atoms with Crippen molar-refractivity contribution < 1.29 is 13.2 Å². The van der Waals surface area contributed by atoms with Crippen molar-refractivity contribution in [2.75, 3.05) is 20.6 Å². The Balaban J connectivity index is 2.38. The van der Waals surface area contributed by atoms with Crippen LogP contribution in [-0.2, 0) is 21.5 Å². The molecule has 1 aromatic rings. The summed E-state index contributed by atoms with van der Waals surface area (Å²) in [5.41, 5.74) is 2.11. The van der Waals surface area contributed by atoms with Gasteiger partial charge in [-0.1, -0.05) is 29.8 Å². The fraction of sp³-hybridized carbons (Fsp3) is 0.417. The molecular formula is C12H19N3O3S. The van der Waals surface area contributed by atoms with Crippen molar-refractivity contribution >= 4 is 16.1 Å². The molecule has 2 N–H and O–H groups in total. The Morgan fingerprint density at radius 1 is 1.21 bits per heavy atom. The molecule has 0 atom stereocenters. The van der Waals surface area contributed by atoms with Gasteiger partial charge in [-0.2, -0.15) is 17.4 Å². The third kappa shape index (κ3) is 5.37. The first-order valence-electron chi connectivity index (χ1n) is 5.80. The van der Waals surface area contributed by atoms with E-state index in [0.717, 1.165) is 15.4 Å². The average Bonchev–Trinajstić information content (AvgIpc) is 2.35. The molecule has 0 saturated carbocycles. The summed E-state index contributed by atoms with van der Waals surface area (Å²) in [4.78, 5) is 11.5. The molecule has 0 spiro atoms. The minimum atomic E-state index is -3.56. The minimum Gasteiger partial charge on any atom is -0.351 e. The summed E-state index contributed by atoms with van der Waals surface area (Å²) in [6.45, 7) is 2.09. The predicted octanol–water partition coefficient (Wildman–Crippen LogP) is 0.00722. The normalized spacial score (nSPS) is 11.6. The van der Waals surface area contributed by atoms with E-state index in [1.807, 2.05) is 31.2 Å². The number of benzene rings is 1. The van der Waals surface area contributed by atoms with Crippen LogP contribution in [0.5, 0.6) is 0 Å². The average molecular weight is 285 g/mol. The summed E-state index contributed by atoms with van der Waals surface area (Å²) in [6, 6.07) is 7.74. The zero-order valence-electron chi connectivity index (χ0n) is 11.3. The molecule has 0 aromatic heterocycles. The summed E-state index contributed by atoms with van der Waals surface area (Å²) < 4.78 is 26.0. The van der Waals surface area contributed by atoms with Crippen LogP contribution in [0.2, 0.25) is 0 Å². The number of hydrogen-bond acceptors (Lipinski definition) is 3. The minimum absolute atomic E-state index is 0.271. The Hall–Kier alpha value is -1.44. The summed E-state index contributed by atoms with van der Waals surface area (Å²) in [5, 5.41) is 2.65. The molecule has 1 amide bonds. The van der Waals surface area contributed by atoms with Crippen LogP contribution in [0.4, 0.5) is 0 Å².